The summed E-state index contributed by atoms with van der Waals surface area (Å²) in [5, 5.41) is 11.7. The summed E-state index contributed by atoms with van der Waals surface area (Å²) in [5.74, 6) is -1.02. The number of fused-ring (bicyclic) bond motifs is 3. The number of benzene rings is 2. The summed E-state index contributed by atoms with van der Waals surface area (Å²) >= 11 is 0. The Hall–Kier alpha value is -3.93. The minimum absolute atomic E-state index is 0.0172. The molecule has 3 aromatic rings. The summed E-state index contributed by atoms with van der Waals surface area (Å²) < 4.78 is 5.47. The molecule has 0 radical (unpaired) electrons. The Bertz CT molecular complexity index is 1080. The number of aromatic carboxylic acids is 1. The minimum Gasteiger partial charge on any atom is -0.478 e. The number of rotatable bonds is 6. The van der Waals surface area contributed by atoms with Crippen LogP contribution in [0.4, 0.5) is 4.79 Å². The topological polar surface area (TPSA) is 88.5 Å². The van der Waals surface area contributed by atoms with Gasteiger partial charge in [-0.3, -0.25) is 4.98 Å². The summed E-state index contributed by atoms with van der Waals surface area (Å²) in [6.45, 7) is 0.516. The molecular formula is C24H20N2O4. The van der Waals surface area contributed by atoms with E-state index in [4.69, 9.17) is 9.84 Å². The van der Waals surface area contributed by atoms with Gasteiger partial charge in [-0.25, -0.2) is 9.59 Å². The fraction of sp³-hybridized carbons (Fsp3) is 0.125. The first-order valence-corrected chi connectivity index (χ1v) is 9.57. The van der Waals surface area contributed by atoms with Crippen LogP contribution in [-0.4, -0.2) is 35.3 Å². The molecule has 6 heteroatoms. The van der Waals surface area contributed by atoms with Gasteiger partial charge in [0.25, 0.3) is 0 Å². The zero-order valence-corrected chi connectivity index (χ0v) is 16.1. The van der Waals surface area contributed by atoms with Crippen LogP contribution in [-0.2, 0) is 4.74 Å². The SMILES string of the molecule is O=C(NCC=Cc1cncc(C(=O)O)c1)OCC1c2ccccc2-c2ccccc21. The van der Waals surface area contributed by atoms with Gasteiger partial charge in [0, 0.05) is 24.9 Å². The van der Waals surface area contributed by atoms with E-state index in [1.165, 1.54) is 23.4 Å². The lowest BCUT2D eigenvalue weighted by atomic mass is 9.98. The predicted molar refractivity (Wildman–Crippen MR) is 113 cm³/mol. The summed E-state index contributed by atoms with van der Waals surface area (Å²) in [5.41, 5.74) is 5.45. The lowest BCUT2D eigenvalue weighted by Crippen LogP contribution is -2.26. The van der Waals surface area contributed by atoms with Crippen molar-refractivity contribution >= 4 is 18.1 Å². The van der Waals surface area contributed by atoms with Crippen molar-refractivity contribution in [3.63, 3.8) is 0 Å². The van der Waals surface area contributed by atoms with Gasteiger partial charge in [-0.15, -0.1) is 0 Å². The minimum atomic E-state index is -1.03. The molecule has 0 saturated heterocycles. The smallest absolute Gasteiger partial charge is 0.407 e. The highest BCUT2D eigenvalue weighted by atomic mass is 16.5. The molecule has 0 unspecified atom stereocenters. The number of nitrogens with one attached hydrogen (secondary N) is 1. The number of amides is 1. The van der Waals surface area contributed by atoms with Crippen LogP contribution in [0.25, 0.3) is 17.2 Å². The number of pyridine rings is 1. The third-order valence-corrected chi connectivity index (χ3v) is 5.02. The van der Waals surface area contributed by atoms with Crippen molar-refractivity contribution in [1.82, 2.24) is 10.3 Å². The number of hydrogen-bond acceptors (Lipinski definition) is 4. The normalized spacial score (nSPS) is 12.4. The Balaban J connectivity index is 1.32. The van der Waals surface area contributed by atoms with E-state index in [1.807, 2.05) is 24.3 Å². The van der Waals surface area contributed by atoms with E-state index in [-0.39, 0.29) is 24.6 Å². The predicted octanol–water partition coefficient (Wildman–Crippen LogP) is 4.33. The Labute approximate surface area is 173 Å². The number of aromatic nitrogens is 1. The Kier molecular flexibility index (Phi) is 5.57. The van der Waals surface area contributed by atoms with Crippen molar-refractivity contribution in [3.8, 4) is 11.1 Å². The third-order valence-electron chi connectivity index (χ3n) is 5.02. The van der Waals surface area contributed by atoms with Crippen LogP contribution < -0.4 is 5.32 Å². The van der Waals surface area contributed by atoms with Crippen LogP contribution in [0, 0.1) is 0 Å². The number of alkyl carbamates (subject to hydrolysis) is 1. The molecule has 150 valence electrons. The van der Waals surface area contributed by atoms with Gasteiger partial charge in [0.1, 0.15) is 6.61 Å². The maximum atomic E-state index is 12.1. The molecule has 2 aromatic carbocycles. The van der Waals surface area contributed by atoms with E-state index < -0.39 is 12.1 Å². The van der Waals surface area contributed by atoms with E-state index in [0.717, 1.165) is 11.1 Å². The van der Waals surface area contributed by atoms with Crippen molar-refractivity contribution in [2.75, 3.05) is 13.2 Å². The summed E-state index contributed by atoms with van der Waals surface area (Å²) in [4.78, 5) is 27.0. The molecule has 0 saturated carbocycles. The van der Waals surface area contributed by atoms with Crippen LogP contribution >= 0.6 is 0 Å². The highest BCUT2D eigenvalue weighted by molar-refractivity contribution is 5.87. The molecule has 30 heavy (non-hydrogen) atoms. The van der Waals surface area contributed by atoms with Crippen LogP contribution in [0.2, 0.25) is 0 Å². The molecule has 6 nitrogen and oxygen atoms in total. The first-order valence-electron chi connectivity index (χ1n) is 9.57. The summed E-state index contributed by atoms with van der Waals surface area (Å²) in [6.07, 6.45) is 5.75. The molecule has 1 aliphatic carbocycles. The van der Waals surface area contributed by atoms with Crippen LogP contribution in [0.1, 0.15) is 33.0 Å². The monoisotopic (exact) mass is 400 g/mol. The highest BCUT2D eigenvalue weighted by Gasteiger charge is 2.28. The largest absolute Gasteiger partial charge is 0.478 e. The Morgan fingerprint density at radius 3 is 2.37 bits per heavy atom. The van der Waals surface area contributed by atoms with E-state index in [0.29, 0.717) is 5.56 Å². The first-order chi connectivity index (χ1) is 14.6. The van der Waals surface area contributed by atoms with Crippen molar-refractivity contribution in [3.05, 3.63) is 95.3 Å². The first kappa shape index (κ1) is 19.4. The van der Waals surface area contributed by atoms with Gasteiger partial charge in [0.05, 0.1) is 5.56 Å². The van der Waals surface area contributed by atoms with Gasteiger partial charge < -0.3 is 15.2 Å². The number of carboxylic acids is 1. The average Bonchev–Trinajstić information content (AvgIpc) is 3.09. The fourth-order valence-electron chi connectivity index (χ4n) is 3.65. The van der Waals surface area contributed by atoms with Crippen LogP contribution in [0.3, 0.4) is 0 Å². The number of ether oxygens (including phenoxy) is 1. The quantitative estimate of drug-likeness (QED) is 0.643. The number of carbonyl (C=O) groups is 2. The van der Waals surface area contributed by atoms with Gasteiger partial charge in [-0.2, -0.15) is 0 Å². The van der Waals surface area contributed by atoms with Gasteiger partial charge in [-0.1, -0.05) is 60.7 Å². The second-order valence-electron chi connectivity index (χ2n) is 6.92. The number of nitrogens with zero attached hydrogens (tertiary/aromatic N) is 1. The molecule has 1 amide bonds. The highest BCUT2D eigenvalue weighted by Crippen LogP contribution is 2.44. The Morgan fingerprint density at radius 1 is 1.03 bits per heavy atom. The molecule has 0 atom stereocenters. The lowest BCUT2D eigenvalue weighted by molar-refractivity contribution is 0.0696. The number of carboxylic acid groups (broad SMARTS) is 1. The average molecular weight is 400 g/mol. The second-order valence-corrected chi connectivity index (χ2v) is 6.92. The number of carbonyl (C=O) groups excluding carboxylic acids is 1. The third kappa shape index (κ3) is 4.07. The maximum Gasteiger partial charge on any atom is 0.407 e. The van der Waals surface area contributed by atoms with Crippen molar-refractivity contribution in [2.24, 2.45) is 0 Å². The number of hydrogen-bond donors (Lipinski definition) is 2. The Morgan fingerprint density at radius 2 is 1.70 bits per heavy atom. The van der Waals surface area contributed by atoms with Crippen molar-refractivity contribution in [1.29, 1.82) is 0 Å². The maximum absolute atomic E-state index is 12.1. The lowest BCUT2D eigenvalue weighted by Gasteiger charge is -2.14. The zero-order chi connectivity index (χ0) is 20.9. The second kappa shape index (κ2) is 8.61. The molecule has 4 rings (SSSR count). The summed E-state index contributed by atoms with van der Waals surface area (Å²) in [6, 6.07) is 17.9. The van der Waals surface area contributed by atoms with E-state index in [9.17, 15) is 9.59 Å². The molecule has 0 aliphatic heterocycles. The molecule has 0 fully saturated rings. The van der Waals surface area contributed by atoms with Crippen molar-refractivity contribution in [2.45, 2.75) is 5.92 Å². The molecule has 1 aromatic heterocycles. The molecule has 1 heterocycles. The van der Waals surface area contributed by atoms with E-state index in [1.54, 1.807) is 18.3 Å². The van der Waals surface area contributed by atoms with Crippen LogP contribution in [0.5, 0.6) is 0 Å². The molecular weight excluding hydrogens is 380 g/mol. The van der Waals surface area contributed by atoms with E-state index in [2.05, 4.69) is 34.6 Å². The molecule has 2 N–H and O–H groups in total. The fourth-order valence-corrected chi connectivity index (χ4v) is 3.65. The molecule has 1 aliphatic rings. The van der Waals surface area contributed by atoms with Gasteiger partial charge in [0.15, 0.2) is 0 Å². The van der Waals surface area contributed by atoms with Gasteiger partial charge >= 0.3 is 12.1 Å². The van der Waals surface area contributed by atoms with Crippen LogP contribution in [0.15, 0.2) is 73.1 Å². The van der Waals surface area contributed by atoms with E-state index >= 15 is 0 Å². The van der Waals surface area contributed by atoms with Gasteiger partial charge in [-0.05, 0) is 33.9 Å². The summed E-state index contributed by atoms with van der Waals surface area (Å²) in [7, 11) is 0. The van der Waals surface area contributed by atoms with Gasteiger partial charge in [0.2, 0.25) is 0 Å². The standard InChI is InChI=1S/C24H20N2O4/c27-23(28)17-12-16(13-25-14-17)6-5-11-26-24(29)30-15-22-20-9-3-1-7-18(20)19-8-2-4-10-21(19)22/h1-10,12-14,22H,11,15H2,(H,26,29)(H,27,28). The molecule has 0 bridgehead atoms. The van der Waals surface area contributed by atoms with Crippen molar-refractivity contribution < 1.29 is 19.4 Å². The molecule has 0 spiro atoms. The zero-order valence-electron chi connectivity index (χ0n) is 16.1.